The van der Waals surface area contributed by atoms with Crippen LogP contribution in [0.25, 0.3) is 10.8 Å². The lowest BCUT2D eigenvalue weighted by Gasteiger charge is -2.09. The van der Waals surface area contributed by atoms with Crippen LogP contribution in [0, 0.1) is 5.82 Å². The summed E-state index contributed by atoms with van der Waals surface area (Å²) in [6.45, 7) is -0.155. The highest BCUT2D eigenvalue weighted by Crippen LogP contribution is 2.19. The monoisotopic (exact) mass is 399 g/mol. The van der Waals surface area contributed by atoms with Crippen LogP contribution in [0.5, 0.6) is 5.75 Å². The third-order valence-corrected chi connectivity index (χ3v) is 4.63. The molecule has 0 aliphatic heterocycles. The van der Waals surface area contributed by atoms with E-state index in [2.05, 4.69) is 5.32 Å². The number of ketones is 1. The van der Waals surface area contributed by atoms with E-state index in [-0.39, 0.29) is 18.3 Å². The molecule has 4 aromatic carbocycles. The van der Waals surface area contributed by atoms with Gasteiger partial charge in [0, 0.05) is 16.8 Å². The third kappa shape index (κ3) is 4.52. The van der Waals surface area contributed by atoms with Crippen LogP contribution in [0.15, 0.2) is 91.0 Å². The minimum Gasteiger partial charge on any atom is -0.484 e. The molecule has 5 heteroatoms. The molecule has 4 aromatic rings. The van der Waals surface area contributed by atoms with E-state index < -0.39 is 5.82 Å². The summed E-state index contributed by atoms with van der Waals surface area (Å²) in [5, 5.41) is 4.95. The van der Waals surface area contributed by atoms with Crippen LogP contribution in [0.1, 0.15) is 15.9 Å². The molecule has 0 spiro atoms. The summed E-state index contributed by atoms with van der Waals surface area (Å²) in [6.07, 6.45) is 0. The van der Waals surface area contributed by atoms with Gasteiger partial charge < -0.3 is 10.1 Å². The van der Waals surface area contributed by atoms with Crippen molar-refractivity contribution in [2.45, 2.75) is 0 Å². The van der Waals surface area contributed by atoms with Crippen molar-refractivity contribution in [2.24, 2.45) is 0 Å². The number of anilines is 1. The number of hydrogen-bond acceptors (Lipinski definition) is 3. The normalized spacial score (nSPS) is 10.6. The highest BCUT2D eigenvalue weighted by molar-refractivity contribution is 6.09. The summed E-state index contributed by atoms with van der Waals surface area (Å²) in [6, 6.07) is 25.5. The summed E-state index contributed by atoms with van der Waals surface area (Å²) in [7, 11) is 0. The Hall–Kier alpha value is -3.99. The predicted octanol–water partition coefficient (Wildman–Crippen LogP) is 5.23. The first-order valence-corrected chi connectivity index (χ1v) is 9.40. The van der Waals surface area contributed by atoms with Crippen LogP contribution >= 0.6 is 0 Å². The van der Waals surface area contributed by atoms with E-state index in [4.69, 9.17) is 4.74 Å². The molecule has 0 aliphatic carbocycles. The molecule has 0 unspecified atom stereocenters. The number of carbonyl (C=O) groups excluding carboxylic acids is 2. The van der Waals surface area contributed by atoms with Crippen molar-refractivity contribution in [2.75, 3.05) is 11.9 Å². The molecule has 148 valence electrons. The number of benzene rings is 4. The van der Waals surface area contributed by atoms with Gasteiger partial charge >= 0.3 is 0 Å². The average molecular weight is 399 g/mol. The minimum absolute atomic E-state index is 0.155. The second-order valence-electron chi connectivity index (χ2n) is 6.76. The Morgan fingerprint density at radius 2 is 1.40 bits per heavy atom. The zero-order valence-electron chi connectivity index (χ0n) is 16.0. The van der Waals surface area contributed by atoms with Gasteiger partial charge in [0.2, 0.25) is 0 Å². The first-order chi connectivity index (χ1) is 14.6. The van der Waals surface area contributed by atoms with Crippen molar-refractivity contribution >= 4 is 28.2 Å². The number of ether oxygens (including phenoxy) is 1. The molecule has 0 saturated heterocycles. The molecule has 0 fully saturated rings. The fraction of sp³-hybridized carbons (Fsp3) is 0.0400. The predicted molar refractivity (Wildman–Crippen MR) is 114 cm³/mol. The molecule has 30 heavy (non-hydrogen) atoms. The lowest BCUT2D eigenvalue weighted by atomic mass is 10.0. The zero-order chi connectivity index (χ0) is 20.9. The van der Waals surface area contributed by atoms with Crippen molar-refractivity contribution < 1.29 is 18.7 Å². The second kappa shape index (κ2) is 8.57. The van der Waals surface area contributed by atoms with Crippen molar-refractivity contribution in [3.63, 3.8) is 0 Å². The lowest BCUT2D eigenvalue weighted by molar-refractivity contribution is -0.118. The Morgan fingerprint density at radius 1 is 0.767 bits per heavy atom. The number of rotatable bonds is 6. The van der Waals surface area contributed by atoms with E-state index in [0.717, 1.165) is 10.8 Å². The Morgan fingerprint density at radius 3 is 2.10 bits per heavy atom. The lowest BCUT2D eigenvalue weighted by Crippen LogP contribution is -2.20. The maximum Gasteiger partial charge on any atom is 0.262 e. The SMILES string of the molecule is O=C(COc1ccc(C(=O)c2ccc(F)cc2)cc1)Nc1ccc2ccccc2c1. The van der Waals surface area contributed by atoms with E-state index in [1.807, 2.05) is 42.5 Å². The number of amides is 1. The Labute approximate surface area is 172 Å². The van der Waals surface area contributed by atoms with Gasteiger partial charge in [-0.25, -0.2) is 4.39 Å². The standard InChI is InChI=1S/C25H18FNO3/c26-21-10-5-18(6-11-21)25(29)19-8-13-23(14-9-19)30-16-24(28)27-22-12-7-17-3-1-2-4-20(17)15-22/h1-15H,16H2,(H,27,28). The van der Waals surface area contributed by atoms with Gasteiger partial charge in [-0.2, -0.15) is 0 Å². The highest BCUT2D eigenvalue weighted by Gasteiger charge is 2.10. The molecular weight excluding hydrogens is 381 g/mol. The van der Waals surface area contributed by atoms with Crippen LogP contribution in [0.3, 0.4) is 0 Å². The molecular formula is C25H18FNO3. The Balaban J connectivity index is 1.34. The van der Waals surface area contributed by atoms with E-state index in [1.165, 1.54) is 24.3 Å². The zero-order valence-corrected chi connectivity index (χ0v) is 16.0. The van der Waals surface area contributed by atoms with Crippen LogP contribution in [0.2, 0.25) is 0 Å². The fourth-order valence-electron chi connectivity index (χ4n) is 3.08. The molecule has 0 saturated carbocycles. The third-order valence-electron chi connectivity index (χ3n) is 4.63. The maximum atomic E-state index is 13.0. The largest absolute Gasteiger partial charge is 0.484 e. The summed E-state index contributed by atoms with van der Waals surface area (Å²) in [4.78, 5) is 24.6. The van der Waals surface area contributed by atoms with E-state index >= 15 is 0 Å². The van der Waals surface area contributed by atoms with Gasteiger partial charge in [-0.3, -0.25) is 9.59 Å². The van der Waals surface area contributed by atoms with Gasteiger partial charge in [-0.15, -0.1) is 0 Å². The van der Waals surface area contributed by atoms with Crippen LogP contribution < -0.4 is 10.1 Å². The van der Waals surface area contributed by atoms with Crippen molar-refractivity contribution in [1.29, 1.82) is 0 Å². The first kappa shape index (κ1) is 19.3. The molecule has 4 rings (SSSR count). The summed E-state index contributed by atoms with van der Waals surface area (Å²) < 4.78 is 18.5. The molecule has 0 atom stereocenters. The summed E-state index contributed by atoms with van der Waals surface area (Å²) >= 11 is 0. The second-order valence-corrected chi connectivity index (χ2v) is 6.76. The molecule has 0 heterocycles. The summed E-state index contributed by atoms with van der Waals surface area (Å²) in [5.41, 5.74) is 1.55. The van der Waals surface area contributed by atoms with E-state index in [9.17, 15) is 14.0 Å². The summed E-state index contributed by atoms with van der Waals surface area (Å²) in [5.74, 6) is -0.413. The first-order valence-electron chi connectivity index (χ1n) is 9.40. The van der Waals surface area contributed by atoms with Crippen molar-refractivity contribution in [1.82, 2.24) is 0 Å². The Kier molecular flexibility index (Phi) is 5.52. The van der Waals surface area contributed by atoms with E-state index in [0.29, 0.717) is 22.6 Å². The molecule has 0 aromatic heterocycles. The average Bonchev–Trinajstić information content (AvgIpc) is 2.78. The van der Waals surface area contributed by atoms with Crippen molar-refractivity contribution in [3.05, 3.63) is 108 Å². The molecule has 4 nitrogen and oxygen atoms in total. The molecule has 0 radical (unpaired) electrons. The minimum atomic E-state index is -0.391. The van der Waals surface area contributed by atoms with Crippen LogP contribution in [-0.2, 0) is 4.79 Å². The molecule has 0 bridgehead atoms. The molecule has 0 aliphatic rings. The van der Waals surface area contributed by atoms with Gasteiger partial charge in [0.25, 0.3) is 5.91 Å². The Bertz CT molecular complexity index is 1200. The quantitative estimate of drug-likeness (QED) is 0.452. The van der Waals surface area contributed by atoms with Crippen LogP contribution in [0.4, 0.5) is 10.1 Å². The van der Waals surface area contributed by atoms with Crippen molar-refractivity contribution in [3.8, 4) is 5.75 Å². The number of fused-ring (bicyclic) bond motifs is 1. The van der Waals surface area contributed by atoms with Gasteiger partial charge in [-0.1, -0.05) is 30.3 Å². The molecule has 1 amide bonds. The number of nitrogens with one attached hydrogen (secondary N) is 1. The smallest absolute Gasteiger partial charge is 0.262 e. The number of carbonyl (C=O) groups is 2. The highest BCUT2D eigenvalue weighted by atomic mass is 19.1. The van der Waals surface area contributed by atoms with Gasteiger partial charge in [-0.05, 0) is 71.4 Å². The molecule has 1 N–H and O–H groups in total. The topological polar surface area (TPSA) is 55.4 Å². The number of hydrogen-bond donors (Lipinski definition) is 1. The maximum absolute atomic E-state index is 13.0. The van der Waals surface area contributed by atoms with Gasteiger partial charge in [0.05, 0.1) is 0 Å². The van der Waals surface area contributed by atoms with Gasteiger partial charge in [0.1, 0.15) is 11.6 Å². The van der Waals surface area contributed by atoms with Gasteiger partial charge in [0.15, 0.2) is 12.4 Å². The van der Waals surface area contributed by atoms with Crippen LogP contribution in [-0.4, -0.2) is 18.3 Å². The fourth-order valence-corrected chi connectivity index (χ4v) is 3.08. The van der Waals surface area contributed by atoms with E-state index in [1.54, 1.807) is 24.3 Å². The number of halogens is 1.